The van der Waals surface area contributed by atoms with Crippen molar-refractivity contribution >= 4 is 34.1 Å². The molecule has 7 nitrogen and oxygen atoms in total. The number of hydrogen-bond donors (Lipinski definition) is 3. The lowest BCUT2D eigenvalue weighted by molar-refractivity contribution is -0.128. The molecule has 1 aromatic heterocycles. The number of nitrogens with one attached hydrogen (secondary N) is 2. The van der Waals surface area contributed by atoms with Gasteiger partial charge in [-0.25, -0.2) is 4.98 Å². The first-order valence-electron chi connectivity index (χ1n) is 7.06. The Bertz CT molecular complexity index is 527. The van der Waals surface area contributed by atoms with Crippen LogP contribution in [0, 0.1) is 0 Å². The van der Waals surface area contributed by atoms with Crippen LogP contribution >= 0.6 is 11.3 Å². The third-order valence-electron chi connectivity index (χ3n) is 3.59. The van der Waals surface area contributed by atoms with Gasteiger partial charge < -0.3 is 21.3 Å². The highest BCUT2D eigenvalue weighted by Crippen LogP contribution is 2.29. The van der Waals surface area contributed by atoms with Crippen molar-refractivity contribution in [1.82, 2.24) is 15.2 Å². The molecule has 8 heteroatoms. The Morgan fingerprint density at radius 2 is 2.19 bits per heavy atom. The Morgan fingerprint density at radius 1 is 1.48 bits per heavy atom. The van der Waals surface area contributed by atoms with Gasteiger partial charge in [0.1, 0.15) is 10.7 Å². The molecule has 1 aliphatic rings. The van der Waals surface area contributed by atoms with Gasteiger partial charge in [-0.3, -0.25) is 9.59 Å². The van der Waals surface area contributed by atoms with Gasteiger partial charge in [-0.1, -0.05) is 11.3 Å². The Labute approximate surface area is 127 Å². The Morgan fingerprint density at radius 3 is 2.76 bits per heavy atom. The van der Waals surface area contributed by atoms with Crippen LogP contribution < -0.4 is 16.4 Å². The highest BCUT2D eigenvalue weighted by Gasteiger charge is 2.21. The molecule has 0 saturated heterocycles. The van der Waals surface area contributed by atoms with Crippen LogP contribution in [-0.4, -0.2) is 47.9 Å². The number of nitrogen functional groups attached to an aromatic ring is 1. The zero-order chi connectivity index (χ0) is 15.4. The minimum atomic E-state index is -0.357. The van der Waals surface area contributed by atoms with Crippen molar-refractivity contribution in [2.45, 2.75) is 32.2 Å². The molecule has 21 heavy (non-hydrogen) atoms. The van der Waals surface area contributed by atoms with Crippen LogP contribution in [0.3, 0.4) is 0 Å². The molecule has 1 saturated carbocycles. The summed E-state index contributed by atoms with van der Waals surface area (Å²) in [4.78, 5) is 29.7. The van der Waals surface area contributed by atoms with Crippen molar-refractivity contribution in [1.29, 1.82) is 0 Å². The molecule has 4 N–H and O–H groups in total. The first-order chi connectivity index (χ1) is 10.0. The van der Waals surface area contributed by atoms with Gasteiger partial charge in [-0.15, -0.1) is 0 Å². The van der Waals surface area contributed by atoms with Gasteiger partial charge in [0.2, 0.25) is 5.91 Å². The first-order valence-corrected chi connectivity index (χ1v) is 7.88. The van der Waals surface area contributed by atoms with Gasteiger partial charge in [0.05, 0.1) is 6.54 Å². The van der Waals surface area contributed by atoms with E-state index in [1.807, 2.05) is 6.92 Å². The molecule has 0 unspecified atom stereocenters. The molecule has 1 aromatic rings. The predicted molar refractivity (Wildman–Crippen MR) is 83.4 cm³/mol. The van der Waals surface area contributed by atoms with E-state index in [2.05, 4.69) is 15.6 Å². The third kappa shape index (κ3) is 3.84. The van der Waals surface area contributed by atoms with E-state index in [0.717, 1.165) is 12.8 Å². The van der Waals surface area contributed by atoms with E-state index >= 15 is 0 Å². The molecule has 0 radical (unpaired) electrons. The van der Waals surface area contributed by atoms with Crippen LogP contribution in [-0.2, 0) is 4.79 Å². The lowest BCUT2D eigenvalue weighted by Crippen LogP contribution is -2.37. The zero-order valence-electron chi connectivity index (χ0n) is 12.3. The molecule has 1 aliphatic carbocycles. The number of rotatable bonds is 6. The minimum absolute atomic E-state index is 0.0358. The molecule has 0 atom stereocenters. The number of nitrogens with zero attached hydrogens (tertiary/aromatic N) is 2. The normalized spacial score (nSPS) is 14.4. The summed E-state index contributed by atoms with van der Waals surface area (Å²) >= 11 is 1.23. The first kappa shape index (κ1) is 15.6. The van der Waals surface area contributed by atoms with Crippen molar-refractivity contribution in [3.05, 3.63) is 4.88 Å². The smallest absolute Gasteiger partial charge is 0.265 e. The number of nitrogens with two attached hydrogens (primary N) is 1. The van der Waals surface area contributed by atoms with E-state index < -0.39 is 0 Å². The summed E-state index contributed by atoms with van der Waals surface area (Å²) in [5.74, 6) is -0.290. The number of anilines is 2. The fourth-order valence-electron chi connectivity index (χ4n) is 1.83. The maximum atomic E-state index is 12.0. The number of carbonyl (C=O) groups excluding carboxylic acids is 2. The van der Waals surface area contributed by atoms with Crippen LogP contribution in [0.25, 0.3) is 0 Å². The van der Waals surface area contributed by atoms with Gasteiger partial charge in [0.25, 0.3) is 5.91 Å². The second-order valence-electron chi connectivity index (χ2n) is 5.10. The van der Waals surface area contributed by atoms with Crippen molar-refractivity contribution in [3.8, 4) is 0 Å². The molecule has 116 valence electrons. The van der Waals surface area contributed by atoms with Gasteiger partial charge in [0.15, 0.2) is 5.13 Å². The summed E-state index contributed by atoms with van der Waals surface area (Å²) in [5.41, 5.74) is 5.77. The van der Waals surface area contributed by atoms with Gasteiger partial charge >= 0.3 is 0 Å². The van der Waals surface area contributed by atoms with Gasteiger partial charge in [0, 0.05) is 19.6 Å². The molecule has 1 heterocycles. The molecular formula is C13H21N5O2S. The number of carbonyl (C=O) groups is 2. The van der Waals surface area contributed by atoms with Crippen molar-refractivity contribution in [3.63, 3.8) is 0 Å². The molecule has 2 amide bonds. The fourth-order valence-corrected chi connectivity index (χ4v) is 2.71. The molecule has 2 rings (SSSR count). The van der Waals surface area contributed by atoms with Gasteiger partial charge in [-0.05, 0) is 26.2 Å². The summed E-state index contributed by atoms with van der Waals surface area (Å²) in [7, 11) is 1.69. The summed E-state index contributed by atoms with van der Waals surface area (Å²) in [6, 6.07) is 0.436. The van der Waals surface area contributed by atoms with Crippen LogP contribution in [0.5, 0.6) is 0 Å². The highest BCUT2D eigenvalue weighted by molar-refractivity contribution is 7.18. The predicted octanol–water partition coefficient (Wildman–Crippen LogP) is 0.898. The number of thiazole rings is 1. The standard InChI is InChI=1S/C13H21N5O2S/c1-3-18(2)9(19)7-15-12(20)10-11(14)17-13(21-10)16-8-5-4-6-8/h8H,3-7,14H2,1-2H3,(H,15,20)(H,16,17). The SMILES string of the molecule is CCN(C)C(=O)CNC(=O)c1sc(NC2CCC2)nc1N. The van der Waals surface area contributed by atoms with Crippen molar-refractivity contribution in [2.24, 2.45) is 0 Å². The average molecular weight is 311 g/mol. The maximum absolute atomic E-state index is 12.0. The summed E-state index contributed by atoms with van der Waals surface area (Å²) < 4.78 is 0. The van der Waals surface area contributed by atoms with Crippen LogP contribution in [0.4, 0.5) is 10.9 Å². The van der Waals surface area contributed by atoms with E-state index in [1.54, 1.807) is 11.9 Å². The van der Waals surface area contributed by atoms with E-state index in [4.69, 9.17) is 5.73 Å². The molecule has 0 spiro atoms. The van der Waals surface area contributed by atoms with E-state index in [1.165, 1.54) is 17.8 Å². The second kappa shape index (κ2) is 6.75. The Hall–Kier alpha value is -1.83. The summed E-state index contributed by atoms with van der Waals surface area (Å²) in [6.07, 6.45) is 3.47. The number of amides is 2. The fraction of sp³-hybridized carbons (Fsp3) is 0.615. The Balaban J connectivity index is 1.90. The largest absolute Gasteiger partial charge is 0.382 e. The van der Waals surface area contributed by atoms with E-state index in [0.29, 0.717) is 22.6 Å². The molecule has 0 aromatic carbocycles. The number of aromatic nitrogens is 1. The minimum Gasteiger partial charge on any atom is -0.382 e. The lowest BCUT2D eigenvalue weighted by Gasteiger charge is -2.25. The van der Waals surface area contributed by atoms with Crippen molar-refractivity contribution in [2.75, 3.05) is 31.2 Å². The van der Waals surface area contributed by atoms with E-state index in [9.17, 15) is 9.59 Å². The molecule has 1 fully saturated rings. The van der Waals surface area contributed by atoms with Crippen LogP contribution in [0.1, 0.15) is 35.9 Å². The number of likely N-dealkylation sites (N-methyl/N-ethyl adjacent to an activating group) is 1. The monoisotopic (exact) mass is 311 g/mol. The van der Waals surface area contributed by atoms with E-state index in [-0.39, 0.29) is 24.2 Å². The summed E-state index contributed by atoms with van der Waals surface area (Å²) in [6.45, 7) is 2.44. The van der Waals surface area contributed by atoms with Crippen molar-refractivity contribution < 1.29 is 9.59 Å². The summed E-state index contributed by atoms with van der Waals surface area (Å²) in [5, 5.41) is 6.51. The Kier molecular flexibility index (Phi) is 5.00. The highest BCUT2D eigenvalue weighted by atomic mass is 32.1. The molecule has 0 aliphatic heterocycles. The second-order valence-corrected chi connectivity index (χ2v) is 6.10. The lowest BCUT2D eigenvalue weighted by atomic mass is 9.93. The maximum Gasteiger partial charge on any atom is 0.265 e. The topological polar surface area (TPSA) is 100 Å². The third-order valence-corrected chi connectivity index (χ3v) is 4.59. The average Bonchev–Trinajstić information content (AvgIpc) is 2.80. The quantitative estimate of drug-likeness (QED) is 0.724. The molecule has 0 bridgehead atoms. The molecular weight excluding hydrogens is 290 g/mol. The van der Waals surface area contributed by atoms with Gasteiger partial charge in [-0.2, -0.15) is 0 Å². The zero-order valence-corrected chi connectivity index (χ0v) is 13.1. The number of hydrogen-bond acceptors (Lipinski definition) is 6. The van der Waals surface area contributed by atoms with Crippen LogP contribution in [0.15, 0.2) is 0 Å². The van der Waals surface area contributed by atoms with Crippen LogP contribution in [0.2, 0.25) is 0 Å².